The maximum absolute atomic E-state index is 10.0. The number of phenols is 1. The first-order valence-electron chi connectivity index (χ1n) is 9.05. The number of aromatic nitrogens is 1. The predicted molar refractivity (Wildman–Crippen MR) is 103 cm³/mol. The van der Waals surface area contributed by atoms with Crippen LogP contribution in [0.25, 0.3) is 0 Å². The molecule has 1 aliphatic rings. The van der Waals surface area contributed by atoms with Crippen LogP contribution in [0.5, 0.6) is 11.5 Å². The van der Waals surface area contributed by atoms with E-state index in [1.54, 1.807) is 26.3 Å². The summed E-state index contributed by atoms with van der Waals surface area (Å²) in [5, 5.41) is 17.4. The average molecular weight is 373 g/mol. The topological polar surface area (TPSA) is 86.4 Å². The zero-order valence-electron chi connectivity index (χ0n) is 16.1. The standard InChI is InChI=1S/C19H27N5O3/c1-14-10-16(22-27-14)13-23-6-8-24(9-7-23)19(20-2)21-12-15-11-17(26-3)4-5-18(15)25/h4-5,10-11,25H,6-9,12-13H2,1-3H3,(H,20,21). The SMILES string of the molecule is CN=C(NCc1cc(OC)ccc1O)N1CCN(Cc2cc(C)on2)CC1. The first kappa shape index (κ1) is 19.0. The van der Waals surface area contributed by atoms with Crippen molar-refractivity contribution in [2.75, 3.05) is 40.3 Å². The third-order valence-corrected chi connectivity index (χ3v) is 4.67. The van der Waals surface area contributed by atoms with Crippen LogP contribution >= 0.6 is 0 Å². The van der Waals surface area contributed by atoms with E-state index in [-0.39, 0.29) is 5.75 Å². The molecule has 0 unspecified atom stereocenters. The van der Waals surface area contributed by atoms with E-state index in [0.29, 0.717) is 6.54 Å². The van der Waals surface area contributed by atoms with E-state index in [1.807, 2.05) is 19.1 Å². The van der Waals surface area contributed by atoms with Crippen molar-refractivity contribution in [2.45, 2.75) is 20.0 Å². The number of benzene rings is 1. The summed E-state index contributed by atoms with van der Waals surface area (Å²) in [6, 6.07) is 7.19. The molecular weight excluding hydrogens is 346 g/mol. The van der Waals surface area contributed by atoms with Crippen molar-refractivity contribution in [3.05, 3.63) is 41.3 Å². The molecule has 8 nitrogen and oxygen atoms in total. The fourth-order valence-corrected chi connectivity index (χ4v) is 3.18. The highest BCUT2D eigenvalue weighted by Gasteiger charge is 2.20. The molecule has 1 fully saturated rings. The fraction of sp³-hybridized carbons (Fsp3) is 0.474. The number of hydrogen-bond acceptors (Lipinski definition) is 6. The second-order valence-corrected chi connectivity index (χ2v) is 6.59. The molecule has 0 aliphatic carbocycles. The van der Waals surface area contributed by atoms with Gasteiger partial charge in [-0.3, -0.25) is 9.89 Å². The molecule has 1 aliphatic heterocycles. The first-order valence-corrected chi connectivity index (χ1v) is 9.05. The Morgan fingerprint density at radius 1 is 1.30 bits per heavy atom. The number of nitrogens with zero attached hydrogens (tertiary/aromatic N) is 4. The third-order valence-electron chi connectivity index (χ3n) is 4.67. The normalized spacial score (nSPS) is 15.8. The van der Waals surface area contributed by atoms with Gasteiger partial charge in [0, 0.05) is 57.9 Å². The Balaban J connectivity index is 1.52. The van der Waals surface area contributed by atoms with E-state index in [4.69, 9.17) is 9.26 Å². The van der Waals surface area contributed by atoms with Gasteiger partial charge >= 0.3 is 0 Å². The van der Waals surface area contributed by atoms with Crippen molar-refractivity contribution in [3.63, 3.8) is 0 Å². The summed E-state index contributed by atoms with van der Waals surface area (Å²) in [5.74, 6) is 2.63. The van der Waals surface area contributed by atoms with E-state index < -0.39 is 0 Å². The van der Waals surface area contributed by atoms with Crippen LogP contribution < -0.4 is 10.1 Å². The van der Waals surface area contributed by atoms with Gasteiger partial charge in [-0.05, 0) is 25.1 Å². The molecule has 3 rings (SSSR count). The lowest BCUT2D eigenvalue weighted by Gasteiger charge is -2.36. The van der Waals surface area contributed by atoms with Gasteiger partial charge in [0.05, 0.1) is 12.8 Å². The van der Waals surface area contributed by atoms with Crippen LogP contribution in [0.3, 0.4) is 0 Å². The van der Waals surface area contributed by atoms with Crippen LogP contribution in [0, 0.1) is 6.92 Å². The summed E-state index contributed by atoms with van der Waals surface area (Å²) in [4.78, 5) is 8.96. The van der Waals surface area contributed by atoms with Gasteiger partial charge in [0.2, 0.25) is 0 Å². The molecule has 0 amide bonds. The van der Waals surface area contributed by atoms with Crippen molar-refractivity contribution in [3.8, 4) is 11.5 Å². The van der Waals surface area contributed by atoms with Crippen LogP contribution in [0.15, 0.2) is 33.8 Å². The lowest BCUT2D eigenvalue weighted by Crippen LogP contribution is -2.52. The highest BCUT2D eigenvalue weighted by atomic mass is 16.5. The summed E-state index contributed by atoms with van der Waals surface area (Å²) in [6.07, 6.45) is 0. The molecule has 2 heterocycles. The van der Waals surface area contributed by atoms with Crippen LogP contribution in [-0.2, 0) is 13.1 Å². The van der Waals surface area contributed by atoms with Crippen LogP contribution in [0.4, 0.5) is 0 Å². The molecule has 0 radical (unpaired) electrons. The summed E-state index contributed by atoms with van der Waals surface area (Å²) >= 11 is 0. The van der Waals surface area contributed by atoms with Crippen LogP contribution in [0.2, 0.25) is 0 Å². The summed E-state index contributed by atoms with van der Waals surface area (Å²) in [7, 11) is 3.39. The molecule has 1 aromatic heterocycles. The molecule has 1 saturated heterocycles. The Kier molecular flexibility index (Phi) is 6.18. The fourth-order valence-electron chi connectivity index (χ4n) is 3.18. The number of rotatable bonds is 5. The predicted octanol–water partition coefficient (Wildman–Crippen LogP) is 1.59. The van der Waals surface area contributed by atoms with Crippen molar-refractivity contribution >= 4 is 5.96 Å². The number of ether oxygens (including phenoxy) is 1. The molecule has 2 aromatic rings. The van der Waals surface area contributed by atoms with Gasteiger partial charge in [0.25, 0.3) is 0 Å². The van der Waals surface area contributed by atoms with Gasteiger partial charge in [0.1, 0.15) is 17.3 Å². The smallest absolute Gasteiger partial charge is 0.194 e. The zero-order valence-corrected chi connectivity index (χ0v) is 16.1. The molecule has 146 valence electrons. The number of piperazine rings is 1. The number of phenolic OH excluding ortho intramolecular Hbond substituents is 1. The molecule has 27 heavy (non-hydrogen) atoms. The minimum Gasteiger partial charge on any atom is -0.508 e. The maximum atomic E-state index is 10.0. The first-order chi connectivity index (χ1) is 13.1. The number of hydrogen-bond donors (Lipinski definition) is 2. The Labute approximate surface area is 159 Å². The van der Waals surface area contributed by atoms with Crippen molar-refractivity contribution in [1.82, 2.24) is 20.3 Å². The van der Waals surface area contributed by atoms with Gasteiger partial charge in [-0.1, -0.05) is 5.16 Å². The second-order valence-electron chi connectivity index (χ2n) is 6.59. The zero-order chi connectivity index (χ0) is 19.2. The van der Waals surface area contributed by atoms with E-state index in [0.717, 1.165) is 61.5 Å². The van der Waals surface area contributed by atoms with Gasteiger partial charge in [-0.25, -0.2) is 0 Å². The monoisotopic (exact) mass is 373 g/mol. The number of aromatic hydroxyl groups is 1. The summed E-state index contributed by atoms with van der Waals surface area (Å²) in [6.45, 7) is 6.79. The van der Waals surface area contributed by atoms with E-state index in [9.17, 15) is 5.11 Å². The largest absolute Gasteiger partial charge is 0.508 e. The molecule has 8 heteroatoms. The molecule has 0 atom stereocenters. The van der Waals surface area contributed by atoms with E-state index in [2.05, 4.69) is 25.3 Å². The van der Waals surface area contributed by atoms with Gasteiger partial charge in [-0.15, -0.1) is 0 Å². The number of guanidine groups is 1. The number of aryl methyl sites for hydroxylation is 1. The Bertz CT molecular complexity index is 781. The molecule has 2 N–H and O–H groups in total. The number of methoxy groups -OCH3 is 1. The Hall–Kier alpha value is -2.74. The minimum atomic E-state index is 0.242. The molecule has 0 bridgehead atoms. The second kappa shape index (κ2) is 8.77. The quantitative estimate of drug-likeness (QED) is 0.608. The highest BCUT2D eigenvalue weighted by molar-refractivity contribution is 5.80. The van der Waals surface area contributed by atoms with E-state index in [1.165, 1.54) is 0 Å². The highest BCUT2D eigenvalue weighted by Crippen LogP contribution is 2.22. The third kappa shape index (κ3) is 4.91. The maximum Gasteiger partial charge on any atom is 0.194 e. The van der Waals surface area contributed by atoms with Crippen LogP contribution in [-0.4, -0.2) is 66.4 Å². The van der Waals surface area contributed by atoms with Crippen LogP contribution in [0.1, 0.15) is 17.0 Å². The summed E-state index contributed by atoms with van der Waals surface area (Å²) in [5.41, 5.74) is 1.74. The van der Waals surface area contributed by atoms with Crippen molar-refractivity contribution in [1.29, 1.82) is 0 Å². The number of nitrogens with one attached hydrogen (secondary N) is 1. The van der Waals surface area contributed by atoms with Gasteiger partial charge in [-0.2, -0.15) is 0 Å². The molecule has 1 aromatic carbocycles. The molecular formula is C19H27N5O3. The van der Waals surface area contributed by atoms with Crippen molar-refractivity contribution in [2.24, 2.45) is 4.99 Å². The Morgan fingerprint density at radius 3 is 2.70 bits per heavy atom. The number of aliphatic imine (C=N–C) groups is 1. The average Bonchev–Trinajstić information content (AvgIpc) is 3.09. The molecule has 0 saturated carbocycles. The molecule has 0 spiro atoms. The van der Waals surface area contributed by atoms with Gasteiger partial charge < -0.3 is 24.6 Å². The lowest BCUT2D eigenvalue weighted by atomic mass is 10.2. The lowest BCUT2D eigenvalue weighted by molar-refractivity contribution is 0.169. The van der Waals surface area contributed by atoms with E-state index >= 15 is 0 Å². The Morgan fingerprint density at radius 2 is 2.07 bits per heavy atom. The van der Waals surface area contributed by atoms with Crippen molar-refractivity contribution < 1.29 is 14.4 Å². The minimum absolute atomic E-state index is 0.242. The summed E-state index contributed by atoms with van der Waals surface area (Å²) < 4.78 is 10.4. The van der Waals surface area contributed by atoms with Gasteiger partial charge in [0.15, 0.2) is 5.96 Å².